The van der Waals surface area contributed by atoms with Crippen LogP contribution in [0.15, 0.2) is 18.2 Å². The molecule has 2 rings (SSSR count). The molecule has 0 bridgehead atoms. The number of hydrogen-bond acceptors (Lipinski definition) is 2. The van der Waals surface area contributed by atoms with Crippen molar-refractivity contribution in [3.05, 3.63) is 29.8 Å². The summed E-state index contributed by atoms with van der Waals surface area (Å²) in [6.45, 7) is 0. The molecular formula is C14H17F2NOS. The lowest BCUT2D eigenvalue weighted by molar-refractivity contribution is -0.113. The smallest absolute Gasteiger partial charge is 0.234 e. The third-order valence-corrected chi connectivity index (χ3v) is 4.52. The summed E-state index contributed by atoms with van der Waals surface area (Å²) in [4.78, 5) is 11.7. The minimum absolute atomic E-state index is 0.173. The number of thioether (sulfide) groups is 1. The van der Waals surface area contributed by atoms with Crippen LogP contribution in [0.3, 0.4) is 0 Å². The molecule has 0 aliphatic heterocycles. The van der Waals surface area contributed by atoms with Crippen molar-refractivity contribution in [2.24, 2.45) is 0 Å². The molecule has 1 saturated carbocycles. The number of amides is 1. The lowest BCUT2D eigenvalue weighted by Gasteiger charge is -2.20. The van der Waals surface area contributed by atoms with Crippen LogP contribution >= 0.6 is 11.8 Å². The summed E-state index contributed by atoms with van der Waals surface area (Å²) in [5, 5.41) is 3.07. The summed E-state index contributed by atoms with van der Waals surface area (Å²) >= 11 is 1.63. The van der Waals surface area contributed by atoms with E-state index in [2.05, 4.69) is 5.32 Å². The van der Waals surface area contributed by atoms with E-state index in [0.29, 0.717) is 11.0 Å². The molecule has 1 amide bonds. The van der Waals surface area contributed by atoms with Crippen molar-refractivity contribution in [3.8, 4) is 0 Å². The molecule has 0 heterocycles. The van der Waals surface area contributed by atoms with Crippen LogP contribution in [-0.2, 0) is 4.79 Å². The maximum atomic E-state index is 13.0. The fourth-order valence-electron chi connectivity index (χ4n) is 2.25. The van der Waals surface area contributed by atoms with Gasteiger partial charge in [0.25, 0.3) is 0 Å². The molecule has 0 spiro atoms. The third kappa shape index (κ3) is 4.82. The van der Waals surface area contributed by atoms with Crippen molar-refractivity contribution in [2.45, 2.75) is 37.4 Å². The lowest BCUT2D eigenvalue weighted by Crippen LogP contribution is -2.18. The van der Waals surface area contributed by atoms with Crippen molar-refractivity contribution in [1.82, 2.24) is 0 Å². The molecule has 0 aromatic heterocycles. The van der Waals surface area contributed by atoms with Gasteiger partial charge in [-0.05, 0) is 25.0 Å². The van der Waals surface area contributed by atoms with Crippen LogP contribution < -0.4 is 5.32 Å². The molecule has 1 aromatic carbocycles. The Labute approximate surface area is 116 Å². The SMILES string of the molecule is O=C(CSC1CCCCC1)Nc1cc(F)cc(F)c1. The van der Waals surface area contributed by atoms with Crippen molar-refractivity contribution >= 4 is 23.4 Å². The largest absolute Gasteiger partial charge is 0.325 e. The fraction of sp³-hybridized carbons (Fsp3) is 0.500. The van der Waals surface area contributed by atoms with Gasteiger partial charge in [0.1, 0.15) is 11.6 Å². The number of carbonyl (C=O) groups is 1. The monoisotopic (exact) mass is 285 g/mol. The Morgan fingerprint density at radius 2 is 1.79 bits per heavy atom. The summed E-state index contributed by atoms with van der Waals surface area (Å²) in [5.74, 6) is -1.24. The average molecular weight is 285 g/mol. The summed E-state index contributed by atoms with van der Waals surface area (Å²) < 4.78 is 25.9. The quantitative estimate of drug-likeness (QED) is 0.907. The van der Waals surface area contributed by atoms with Gasteiger partial charge in [-0.2, -0.15) is 0 Å². The minimum Gasteiger partial charge on any atom is -0.325 e. The molecule has 0 radical (unpaired) electrons. The second kappa shape index (κ2) is 6.89. The molecule has 2 nitrogen and oxygen atoms in total. The first-order valence-corrected chi connectivity index (χ1v) is 7.56. The Morgan fingerprint density at radius 1 is 1.16 bits per heavy atom. The first-order chi connectivity index (χ1) is 9.13. The van der Waals surface area contributed by atoms with E-state index in [-0.39, 0.29) is 11.6 Å². The van der Waals surface area contributed by atoms with E-state index < -0.39 is 11.6 Å². The van der Waals surface area contributed by atoms with Gasteiger partial charge >= 0.3 is 0 Å². The average Bonchev–Trinajstić information content (AvgIpc) is 2.36. The van der Waals surface area contributed by atoms with Crippen LogP contribution in [-0.4, -0.2) is 16.9 Å². The van der Waals surface area contributed by atoms with Gasteiger partial charge in [-0.25, -0.2) is 8.78 Å². The molecular weight excluding hydrogens is 268 g/mol. The lowest BCUT2D eigenvalue weighted by atomic mass is 10.0. The highest BCUT2D eigenvalue weighted by atomic mass is 32.2. The van der Waals surface area contributed by atoms with E-state index in [1.807, 2.05) is 0 Å². The van der Waals surface area contributed by atoms with Crippen molar-refractivity contribution < 1.29 is 13.6 Å². The molecule has 0 unspecified atom stereocenters. The summed E-state index contributed by atoms with van der Waals surface area (Å²) in [6.07, 6.45) is 6.06. The van der Waals surface area contributed by atoms with E-state index in [0.717, 1.165) is 31.0 Å². The molecule has 5 heteroatoms. The highest BCUT2D eigenvalue weighted by Gasteiger charge is 2.15. The van der Waals surface area contributed by atoms with Crippen LogP contribution in [0.5, 0.6) is 0 Å². The first kappa shape index (κ1) is 14.3. The molecule has 19 heavy (non-hydrogen) atoms. The molecule has 0 saturated heterocycles. The zero-order valence-electron chi connectivity index (χ0n) is 10.6. The summed E-state index contributed by atoms with van der Waals surface area (Å²) in [7, 11) is 0. The summed E-state index contributed by atoms with van der Waals surface area (Å²) in [6, 6.07) is 3.02. The maximum Gasteiger partial charge on any atom is 0.234 e. The van der Waals surface area contributed by atoms with Crippen LogP contribution in [0.2, 0.25) is 0 Å². The molecule has 1 N–H and O–H groups in total. The summed E-state index contributed by atoms with van der Waals surface area (Å²) in [5.41, 5.74) is 0.173. The van der Waals surface area contributed by atoms with E-state index in [9.17, 15) is 13.6 Å². The number of rotatable bonds is 4. The second-order valence-electron chi connectivity index (χ2n) is 4.78. The molecule has 1 aliphatic carbocycles. The Bertz CT molecular complexity index is 427. The predicted molar refractivity (Wildman–Crippen MR) is 74.3 cm³/mol. The number of anilines is 1. The zero-order valence-corrected chi connectivity index (χ0v) is 11.4. The molecule has 1 aliphatic rings. The molecule has 1 fully saturated rings. The van der Waals surface area contributed by atoms with E-state index in [1.54, 1.807) is 11.8 Å². The van der Waals surface area contributed by atoms with E-state index >= 15 is 0 Å². The first-order valence-electron chi connectivity index (χ1n) is 6.51. The van der Waals surface area contributed by atoms with Gasteiger partial charge in [0, 0.05) is 17.0 Å². The van der Waals surface area contributed by atoms with Crippen LogP contribution in [0.25, 0.3) is 0 Å². The van der Waals surface area contributed by atoms with Crippen molar-refractivity contribution in [1.29, 1.82) is 0 Å². The highest BCUT2D eigenvalue weighted by molar-refractivity contribution is 8.00. The third-order valence-electron chi connectivity index (χ3n) is 3.15. The zero-order chi connectivity index (χ0) is 13.7. The Kier molecular flexibility index (Phi) is 5.19. The maximum absolute atomic E-state index is 13.0. The Balaban J connectivity index is 1.80. The van der Waals surface area contributed by atoms with Gasteiger partial charge in [-0.1, -0.05) is 19.3 Å². The number of benzene rings is 1. The van der Waals surface area contributed by atoms with Gasteiger partial charge < -0.3 is 5.32 Å². The number of nitrogens with one attached hydrogen (secondary N) is 1. The molecule has 0 atom stereocenters. The van der Waals surface area contributed by atoms with Gasteiger partial charge in [-0.15, -0.1) is 11.8 Å². The van der Waals surface area contributed by atoms with Gasteiger partial charge in [0.2, 0.25) is 5.91 Å². The van der Waals surface area contributed by atoms with Crippen molar-refractivity contribution in [2.75, 3.05) is 11.1 Å². The van der Waals surface area contributed by atoms with E-state index in [4.69, 9.17) is 0 Å². The van der Waals surface area contributed by atoms with Crippen LogP contribution in [0.4, 0.5) is 14.5 Å². The number of halogens is 2. The van der Waals surface area contributed by atoms with Crippen molar-refractivity contribution in [3.63, 3.8) is 0 Å². The van der Waals surface area contributed by atoms with E-state index in [1.165, 1.54) is 19.3 Å². The Morgan fingerprint density at radius 3 is 2.42 bits per heavy atom. The Hall–Kier alpha value is -1.10. The minimum atomic E-state index is -0.685. The highest BCUT2D eigenvalue weighted by Crippen LogP contribution is 2.28. The van der Waals surface area contributed by atoms with Gasteiger partial charge in [0.15, 0.2) is 0 Å². The number of hydrogen-bond donors (Lipinski definition) is 1. The van der Waals surface area contributed by atoms with Crippen LogP contribution in [0, 0.1) is 11.6 Å². The second-order valence-corrected chi connectivity index (χ2v) is 6.07. The topological polar surface area (TPSA) is 29.1 Å². The van der Waals surface area contributed by atoms with Gasteiger partial charge in [-0.3, -0.25) is 4.79 Å². The fourth-order valence-corrected chi connectivity index (χ4v) is 3.37. The number of carbonyl (C=O) groups excluding carboxylic acids is 1. The standard InChI is InChI=1S/C14H17F2NOS/c15-10-6-11(16)8-12(7-10)17-14(18)9-19-13-4-2-1-3-5-13/h6-8,13H,1-5,9H2,(H,17,18). The van der Waals surface area contributed by atoms with Gasteiger partial charge in [0.05, 0.1) is 5.75 Å². The normalized spacial score (nSPS) is 16.3. The molecule has 104 valence electrons. The predicted octanol–water partition coefficient (Wildman–Crippen LogP) is 3.97. The van der Waals surface area contributed by atoms with Crippen LogP contribution in [0.1, 0.15) is 32.1 Å². The molecule has 1 aromatic rings.